The number of pyridine rings is 1. The maximum atomic E-state index is 13.7. The van der Waals surface area contributed by atoms with E-state index >= 15 is 0 Å². The van der Waals surface area contributed by atoms with E-state index in [9.17, 15) is 19.1 Å². The van der Waals surface area contributed by atoms with Crippen molar-refractivity contribution in [1.82, 2.24) is 9.97 Å². The maximum absolute atomic E-state index is 13.7. The average molecular weight is 431 g/mol. The third-order valence-corrected chi connectivity index (χ3v) is 5.15. The Balaban J connectivity index is 0.00000256. The molecule has 0 saturated heterocycles. The van der Waals surface area contributed by atoms with E-state index < -0.39 is 17.2 Å². The Morgan fingerprint density at radius 1 is 1.30 bits per heavy atom. The summed E-state index contributed by atoms with van der Waals surface area (Å²) in [6.45, 7) is 1.56. The van der Waals surface area contributed by atoms with E-state index in [0.717, 1.165) is 0 Å². The van der Waals surface area contributed by atoms with Crippen molar-refractivity contribution in [3.8, 4) is 11.3 Å². The summed E-state index contributed by atoms with van der Waals surface area (Å²) in [5.41, 5.74) is 7.70. The number of nitrogen functional groups attached to an aromatic ring is 1. The summed E-state index contributed by atoms with van der Waals surface area (Å²) in [7, 11) is 0. The first-order valence-electron chi connectivity index (χ1n) is 9.03. The Morgan fingerprint density at radius 2 is 2.07 bits per heavy atom. The van der Waals surface area contributed by atoms with Crippen molar-refractivity contribution < 1.29 is 19.1 Å². The van der Waals surface area contributed by atoms with Gasteiger partial charge in [-0.15, -0.1) is 12.4 Å². The number of carbonyl (C=O) groups excluding carboxylic acids is 1. The summed E-state index contributed by atoms with van der Waals surface area (Å²) in [6.07, 6.45) is 1.59. The molecule has 0 bridgehead atoms. The number of H-pyrrole nitrogens is 1. The molecule has 3 aromatic rings. The number of aliphatic carboxylic acids is 1. The van der Waals surface area contributed by atoms with Gasteiger partial charge in [0.15, 0.2) is 5.78 Å². The van der Waals surface area contributed by atoms with Crippen molar-refractivity contribution in [3.63, 3.8) is 0 Å². The van der Waals surface area contributed by atoms with Crippen molar-refractivity contribution >= 4 is 41.4 Å². The maximum Gasteiger partial charge on any atom is 0.310 e. The number of halogens is 2. The highest BCUT2D eigenvalue weighted by Gasteiger charge is 2.43. The molecule has 0 fully saturated rings. The predicted molar refractivity (Wildman–Crippen MR) is 114 cm³/mol. The van der Waals surface area contributed by atoms with E-state index in [1.54, 1.807) is 37.4 Å². The third kappa shape index (κ3) is 3.73. The number of carbonyl (C=O) groups is 2. The number of aromatic amines is 1. The van der Waals surface area contributed by atoms with Crippen molar-refractivity contribution in [1.29, 1.82) is 0 Å². The lowest BCUT2D eigenvalue weighted by Crippen LogP contribution is -2.36. The standard InChI is InChI=1S/C21H19FN4O3.ClH/c1-21(20(28)29)9-14-17(15(27)10-21)19(25-13-4-2-3-12(22)8-13)18(26-14)11-5-6-24-16(23)7-11;/h2-8,25-26H,9-10H2,1H3,(H2,23,24)(H,28,29);1H/t21-;/m1./s1. The first kappa shape index (κ1) is 21.3. The van der Waals surface area contributed by atoms with Gasteiger partial charge in [0.1, 0.15) is 11.6 Å². The molecule has 1 aliphatic rings. The zero-order valence-electron chi connectivity index (χ0n) is 16.0. The number of fused-ring (bicyclic) bond motifs is 1. The first-order chi connectivity index (χ1) is 13.8. The van der Waals surface area contributed by atoms with Crippen LogP contribution in [-0.2, 0) is 11.2 Å². The molecule has 30 heavy (non-hydrogen) atoms. The van der Waals surface area contributed by atoms with E-state index in [0.29, 0.717) is 39.7 Å². The lowest BCUT2D eigenvalue weighted by Gasteiger charge is -2.28. The monoisotopic (exact) mass is 430 g/mol. The Bertz CT molecular complexity index is 1150. The summed E-state index contributed by atoms with van der Waals surface area (Å²) in [5, 5.41) is 12.7. The molecule has 9 heteroatoms. The molecule has 1 aromatic carbocycles. The van der Waals surface area contributed by atoms with Gasteiger partial charge in [-0.25, -0.2) is 9.37 Å². The lowest BCUT2D eigenvalue weighted by molar-refractivity contribution is -0.148. The van der Waals surface area contributed by atoms with E-state index in [2.05, 4.69) is 15.3 Å². The van der Waals surface area contributed by atoms with Crippen molar-refractivity contribution in [2.24, 2.45) is 5.41 Å². The number of anilines is 3. The number of carboxylic acids is 1. The smallest absolute Gasteiger partial charge is 0.310 e. The van der Waals surface area contributed by atoms with Crippen LogP contribution in [-0.4, -0.2) is 26.8 Å². The molecule has 7 nitrogen and oxygen atoms in total. The number of hydrogen-bond acceptors (Lipinski definition) is 5. The molecule has 2 heterocycles. The number of hydrogen-bond donors (Lipinski definition) is 4. The molecule has 0 unspecified atom stereocenters. The summed E-state index contributed by atoms with van der Waals surface area (Å²) in [4.78, 5) is 31.9. The molecule has 1 aliphatic carbocycles. The second-order valence-corrected chi connectivity index (χ2v) is 7.48. The van der Waals surface area contributed by atoms with E-state index in [4.69, 9.17) is 5.73 Å². The third-order valence-electron chi connectivity index (χ3n) is 5.15. The van der Waals surface area contributed by atoms with Crippen molar-refractivity contribution in [2.75, 3.05) is 11.1 Å². The van der Waals surface area contributed by atoms with Crippen LogP contribution in [0.1, 0.15) is 29.4 Å². The Hall–Kier alpha value is -3.39. The number of nitrogens with one attached hydrogen (secondary N) is 2. The number of Topliss-reactive ketones (excluding diaryl/α,β-unsaturated/α-hetero) is 1. The molecule has 0 amide bonds. The lowest BCUT2D eigenvalue weighted by atomic mass is 9.74. The second kappa shape index (κ2) is 7.79. The van der Waals surface area contributed by atoms with Crippen LogP contribution in [0.15, 0.2) is 42.6 Å². The topological polar surface area (TPSA) is 121 Å². The largest absolute Gasteiger partial charge is 0.481 e. The van der Waals surface area contributed by atoms with Crippen LogP contribution in [0.4, 0.5) is 21.6 Å². The highest BCUT2D eigenvalue weighted by molar-refractivity contribution is 6.09. The SMILES string of the molecule is C[C@]1(C(=O)O)CC(=O)c2c([nH]c(-c3ccnc(N)c3)c2Nc2cccc(F)c2)C1.Cl. The molecule has 5 N–H and O–H groups in total. The number of benzene rings is 1. The van der Waals surface area contributed by atoms with Gasteiger partial charge in [-0.05, 0) is 37.3 Å². The number of carboxylic acid groups (broad SMARTS) is 1. The van der Waals surface area contributed by atoms with Gasteiger partial charge in [-0.3, -0.25) is 9.59 Å². The second-order valence-electron chi connectivity index (χ2n) is 7.48. The Kier molecular flexibility index (Phi) is 5.54. The quantitative estimate of drug-likeness (QED) is 0.492. The van der Waals surface area contributed by atoms with Crippen LogP contribution in [0, 0.1) is 11.2 Å². The van der Waals surface area contributed by atoms with Crippen LogP contribution in [0.3, 0.4) is 0 Å². The fourth-order valence-corrected chi connectivity index (χ4v) is 3.69. The van der Waals surface area contributed by atoms with Crippen LogP contribution < -0.4 is 11.1 Å². The highest BCUT2D eigenvalue weighted by atomic mass is 35.5. The summed E-state index contributed by atoms with van der Waals surface area (Å²) in [6, 6.07) is 9.26. The number of nitrogens with two attached hydrogens (primary N) is 1. The van der Waals surface area contributed by atoms with Gasteiger partial charge in [0.05, 0.1) is 22.4 Å². The number of aromatic nitrogens is 2. The van der Waals surface area contributed by atoms with Gasteiger partial charge in [-0.2, -0.15) is 0 Å². The summed E-state index contributed by atoms with van der Waals surface area (Å²) in [5.74, 6) is -1.44. The molecule has 156 valence electrons. The van der Waals surface area contributed by atoms with E-state index in [-0.39, 0.29) is 31.0 Å². The molecule has 4 rings (SSSR count). The first-order valence-corrected chi connectivity index (χ1v) is 9.03. The molecule has 0 aliphatic heterocycles. The Labute approximate surface area is 177 Å². The Morgan fingerprint density at radius 3 is 2.73 bits per heavy atom. The minimum absolute atomic E-state index is 0. The fraction of sp³-hybridized carbons (Fsp3) is 0.190. The fourth-order valence-electron chi connectivity index (χ4n) is 3.69. The van der Waals surface area contributed by atoms with Gasteiger partial charge in [0.25, 0.3) is 0 Å². The van der Waals surface area contributed by atoms with Crippen LogP contribution >= 0.6 is 12.4 Å². The van der Waals surface area contributed by atoms with Crippen LogP contribution in [0.5, 0.6) is 0 Å². The zero-order chi connectivity index (χ0) is 20.8. The molecular weight excluding hydrogens is 411 g/mol. The molecule has 2 aromatic heterocycles. The van der Waals surface area contributed by atoms with Gasteiger partial charge in [0.2, 0.25) is 0 Å². The minimum Gasteiger partial charge on any atom is -0.481 e. The average Bonchev–Trinajstić information content (AvgIpc) is 3.00. The van der Waals surface area contributed by atoms with Gasteiger partial charge in [-0.1, -0.05) is 6.07 Å². The molecule has 0 saturated carbocycles. The number of nitrogens with zero attached hydrogens (tertiary/aromatic N) is 1. The highest BCUT2D eigenvalue weighted by Crippen LogP contribution is 2.43. The molecule has 0 radical (unpaired) electrons. The number of ketones is 1. The molecule has 1 atom stereocenters. The summed E-state index contributed by atoms with van der Waals surface area (Å²) < 4.78 is 13.7. The van der Waals surface area contributed by atoms with Gasteiger partial charge >= 0.3 is 5.97 Å². The number of rotatable bonds is 4. The van der Waals surface area contributed by atoms with Gasteiger partial charge < -0.3 is 21.1 Å². The van der Waals surface area contributed by atoms with E-state index in [1.807, 2.05) is 0 Å². The van der Waals surface area contributed by atoms with Crippen molar-refractivity contribution in [2.45, 2.75) is 19.8 Å². The zero-order valence-corrected chi connectivity index (χ0v) is 16.8. The van der Waals surface area contributed by atoms with Crippen molar-refractivity contribution in [3.05, 3.63) is 59.7 Å². The molecule has 0 spiro atoms. The minimum atomic E-state index is -1.19. The van der Waals surface area contributed by atoms with Crippen LogP contribution in [0.2, 0.25) is 0 Å². The normalized spacial score (nSPS) is 17.7. The summed E-state index contributed by atoms with van der Waals surface area (Å²) >= 11 is 0. The predicted octanol–water partition coefficient (Wildman–Crippen LogP) is 4.18. The molecular formula is C21H20ClFN4O3. The van der Waals surface area contributed by atoms with Crippen LogP contribution in [0.25, 0.3) is 11.3 Å². The van der Waals surface area contributed by atoms with Gasteiger partial charge in [0, 0.05) is 36.0 Å². The van der Waals surface area contributed by atoms with E-state index in [1.165, 1.54) is 12.1 Å².